The van der Waals surface area contributed by atoms with Crippen LogP contribution in [0.5, 0.6) is 5.75 Å². The molecule has 3 nitrogen and oxygen atoms in total. The molecule has 0 amide bonds. The van der Waals surface area contributed by atoms with Gasteiger partial charge >= 0.3 is 0 Å². The maximum absolute atomic E-state index is 6.58. The Bertz CT molecular complexity index is 3030. The Labute approximate surface area is 313 Å². The average molecular weight is 690 g/mol. The van der Waals surface area contributed by atoms with Crippen LogP contribution in [0.2, 0.25) is 0 Å². The lowest BCUT2D eigenvalue weighted by molar-refractivity contribution is 0.440. The molecule has 3 aliphatic carbocycles. The summed E-state index contributed by atoms with van der Waals surface area (Å²) in [7, 11) is 0. The second-order valence-corrected chi connectivity index (χ2v) is 14.6. The molecule has 0 saturated carbocycles. The third-order valence-electron chi connectivity index (χ3n) is 11.9. The standard InChI is InChI=1S/C51H31NO2/c1-31-25-28-46-38(29-31)50-44(22-12-24-47(50)53-46)52(32-26-27-36-35-15-3-2-4-23-45(35)54-48(36)30-32)43-21-11-20-42-49(43)37-16-7-10-19-41(37)51(42)39-17-8-5-13-33(39)34-14-6-9-18-40(34)51/h2,4-14,16-30,35H,1H3. The summed E-state index contributed by atoms with van der Waals surface area (Å²) >= 11 is 0. The number of anilines is 3. The number of aryl methyl sites for hydroxylation is 1. The van der Waals surface area contributed by atoms with Crippen molar-refractivity contribution in [2.45, 2.75) is 18.3 Å². The molecule has 1 aliphatic heterocycles. The van der Waals surface area contributed by atoms with Gasteiger partial charge < -0.3 is 14.1 Å². The van der Waals surface area contributed by atoms with E-state index in [-0.39, 0.29) is 5.92 Å². The first-order chi connectivity index (χ1) is 26.7. The molecule has 0 radical (unpaired) electrons. The predicted octanol–water partition coefficient (Wildman–Crippen LogP) is 12.6. The molecule has 252 valence electrons. The Morgan fingerprint density at radius 1 is 0.630 bits per heavy atom. The lowest BCUT2D eigenvalue weighted by Crippen LogP contribution is -2.26. The lowest BCUT2D eigenvalue weighted by atomic mass is 9.70. The Kier molecular flexibility index (Phi) is 5.89. The van der Waals surface area contributed by atoms with Gasteiger partial charge in [0.1, 0.15) is 28.6 Å². The van der Waals surface area contributed by atoms with Crippen molar-refractivity contribution in [2.24, 2.45) is 0 Å². The second-order valence-electron chi connectivity index (χ2n) is 14.6. The first-order valence-corrected chi connectivity index (χ1v) is 18.5. The first kappa shape index (κ1) is 29.5. The molecule has 8 aromatic rings. The van der Waals surface area contributed by atoms with E-state index in [0.717, 1.165) is 56.1 Å². The maximum Gasteiger partial charge on any atom is 0.137 e. The number of furan rings is 1. The van der Waals surface area contributed by atoms with Gasteiger partial charge in [0.25, 0.3) is 0 Å². The zero-order chi connectivity index (χ0) is 35.5. The van der Waals surface area contributed by atoms with Gasteiger partial charge in [0.15, 0.2) is 0 Å². The quantitative estimate of drug-likeness (QED) is 0.173. The molecule has 3 heteroatoms. The van der Waals surface area contributed by atoms with E-state index in [9.17, 15) is 0 Å². The first-order valence-electron chi connectivity index (χ1n) is 18.5. The van der Waals surface area contributed by atoms with Gasteiger partial charge in [-0.1, -0.05) is 127 Å². The fourth-order valence-corrected chi connectivity index (χ4v) is 9.76. The number of nitrogens with zero attached hydrogens (tertiary/aromatic N) is 1. The van der Waals surface area contributed by atoms with Crippen LogP contribution >= 0.6 is 0 Å². The number of fused-ring (bicyclic) bond motifs is 16. The number of hydrogen-bond acceptors (Lipinski definition) is 3. The highest BCUT2D eigenvalue weighted by atomic mass is 16.5. The van der Waals surface area contributed by atoms with E-state index < -0.39 is 5.41 Å². The minimum Gasteiger partial charge on any atom is -0.460 e. The molecule has 4 aliphatic rings. The number of hydrogen-bond donors (Lipinski definition) is 0. The van der Waals surface area contributed by atoms with Gasteiger partial charge in [0, 0.05) is 28.3 Å². The van der Waals surface area contributed by atoms with E-state index in [4.69, 9.17) is 9.15 Å². The van der Waals surface area contributed by atoms with Crippen LogP contribution in [-0.2, 0) is 5.41 Å². The third kappa shape index (κ3) is 3.77. The Morgan fingerprint density at radius 2 is 1.33 bits per heavy atom. The van der Waals surface area contributed by atoms with E-state index in [1.807, 2.05) is 18.2 Å². The highest BCUT2D eigenvalue weighted by Gasteiger charge is 2.52. The van der Waals surface area contributed by atoms with Crippen molar-refractivity contribution in [3.63, 3.8) is 0 Å². The summed E-state index contributed by atoms with van der Waals surface area (Å²) in [6, 6.07) is 53.3. The predicted molar refractivity (Wildman–Crippen MR) is 218 cm³/mol. The molecule has 54 heavy (non-hydrogen) atoms. The Balaban J connectivity index is 1.18. The van der Waals surface area contributed by atoms with Crippen LogP contribution in [0, 0.1) is 18.8 Å². The van der Waals surface area contributed by atoms with Crippen molar-refractivity contribution in [2.75, 3.05) is 4.90 Å². The number of allylic oxidation sites excluding steroid dienone is 4. The van der Waals surface area contributed by atoms with Crippen molar-refractivity contribution < 1.29 is 9.15 Å². The summed E-state index contributed by atoms with van der Waals surface area (Å²) in [5, 5.41) is 2.18. The molecule has 1 spiro atoms. The van der Waals surface area contributed by atoms with Gasteiger partial charge in [-0.2, -0.15) is 0 Å². The zero-order valence-electron chi connectivity index (χ0n) is 29.4. The van der Waals surface area contributed by atoms with Crippen molar-refractivity contribution >= 4 is 39.0 Å². The summed E-state index contributed by atoms with van der Waals surface area (Å²) in [4.78, 5) is 2.43. The Morgan fingerprint density at radius 3 is 2.15 bits per heavy atom. The minimum absolute atomic E-state index is 0.0862. The summed E-state index contributed by atoms with van der Waals surface area (Å²) < 4.78 is 13.1. The van der Waals surface area contributed by atoms with Crippen LogP contribution in [0.4, 0.5) is 17.1 Å². The van der Waals surface area contributed by atoms with E-state index in [1.165, 1.54) is 50.1 Å². The van der Waals surface area contributed by atoms with E-state index >= 15 is 0 Å². The molecule has 12 rings (SSSR count). The molecule has 0 bridgehead atoms. The molecule has 0 saturated heterocycles. The molecular weight excluding hydrogens is 659 g/mol. The van der Waals surface area contributed by atoms with Gasteiger partial charge in [-0.25, -0.2) is 0 Å². The summed E-state index contributed by atoms with van der Waals surface area (Å²) in [5.41, 5.74) is 17.0. The SMILES string of the molecule is Cc1ccc2oc3cccc(N(c4ccc5c(c4)OC4=CC=CC#CC45)c4cccc5c4-c4ccccc4C54c5ccccc5-c5ccccc54)c3c2c1. The Hall–Kier alpha value is -7.02. The molecular formula is C51H31NO2. The van der Waals surface area contributed by atoms with Gasteiger partial charge in [0.05, 0.1) is 22.2 Å². The van der Waals surface area contributed by atoms with Crippen molar-refractivity contribution in [3.05, 3.63) is 203 Å². The van der Waals surface area contributed by atoms with Crippen LogP contribution in [-0.4, -0.2) is 0 Å². The van der Waals surface area contributed by atoms with Crippen molar-refractivity contribution in [1.29, 1.82) is 0 Å². The van der Waals surface area contributed by atoms with Crippen LogP contribution in [0.25, 0.3) is 44.2 Å². The summed E-state index contributed by atoms with van der Waals surface area (Å²) in [6.45, 7) is 2.14. The van der Waals surface area contributed by atoms with E-state index in [1.54, 1.807) is 0 Å². The highest BCUT2D eigenvalue weighted by Crippen LogP contribution is 2.65. The van der Waals surface area contributed by atoms with Crippen LogP contribution < -0.4 is 9.64 Å². The third-order valence-corrected chi connectivity index (χ3v) is 11.9. The summed E-state index contributed by atoms with van der Waals surface area (Å²) in [6.07, 6.45) is 5.87. The molecule has 0 N–H and O–H groups in total. The van der Waals surface area contributed by atoms with Gasteiger partial charge in [-0.15, -0.1) is 0 Å². The molecule has 2 heterocycles. The van der Waals surface area contributed by atoms with Crippen molar-refractivity contribution in [3.8, 4) is 39.8 Å². The smallest absolute Gasteiger partial charge is 0.137 e. The monoisotopic (exact) mass is 689 g/mol. The maximum atomic E-state index is 6.58. The fraction of sp³-hybridized carbons (Fsp3) is 0.0588. The topological polar surface area (TPSA) is 25.6 Å². The second kappa shape index (κ2) is 10.8. The molecule has 1 aromatic heterocycles. The normalized spacial score (nSPS) is 16.0. The average Bonchev–Trinajstić information content (AvgIpc) is 3.88. The van der Waals surface area contributed by atoms with Gasteiger partial charge in [-0.05, 0) is 94.4 Å². The number of ether oxygens (including phenoxy) is 1. The van der Waals surface area contributed by atoms with Crippen LogP contribution in [0.1, 0.15) is 39.3 Å². The van der Waals surface area contributed by atoms with E-state index in [0.29, 0.717) is 0 Å². The van der Waals surface area contributed by atoms with Crippen molar-refractivity contribution in [1.82, 2.24) is 0 Å². The highest BCUT2D eigenvalue weighted by molar-refractivity contribution is 6.14. The molecule has 7 aromatic carbocycles. The fourth-order valence-electron chi connectivity index (χ4n) is 9.76. The number of benzene rings is 7. The van der Waals surface area contributed by atoms with Gasteiger partial charge in [-0.3, -0.25) is 0 Å². The largest absolute Gasteiger partial charge is 0.460 e. The van der Waals surface area contributed by atoms with E-state index in [2.05, 4.69) is 169 Å². The lowest BCUT2D eigenvalue weighted by Gasteiger charge is -2.32. The summed E-state index contributed by atoms with van der Waals surface area (Å²) in [5.74, 6) is 8.18. The number of rotatable bonds is 3. The van der Waals surface area contributed by atoms with Crippen LogP contribution in [0.3, 0.4) is 0 Å². The zero-order valence-corrected chi connectivity index (χ0v) is 29.4. The minimum atomic E-state index is -0.458. The molecule has 1 unspecified atom stereocenters. The molecule has 1 atom stereocenters. The molecule has 0 fully saturated rings. The van der Waals surface area contributed by atoms with Gasteiger partial charge in [0.2, 0.25) is 0 Å². The van der Waals surface area contributed by atoms with Crippen LogP contribution in [0.15, 0.2) is 174 Å².